The summed E-state index contributed by atoms with van der Waals surface area (Å²) in [5, 5.41) is 3.48. The van der Waals surface area contributed by atoms with Crippen LogP contribution in [-0.2, 0) is 20.7 Å². The third-order valence-electron chi connectivity index (χ3n) is 5.05. The molecule has 1 amide bonds. The fourth-order valence-corrected chi connectivity index (χ4v) is 3.57. The first-order valence-electron chi connectivity index (χ1n) is 10.8. The molecule has 0 saturated heterocycles. The summed E-state index contributed by atoms with van der Waals surface area (Å²) in [5.41, 5.74) is 2.41. The molecule has 1 aromatic heterocycles. The fraction of sp³-hybridized carbons (Fsp3) is 0.346. The molecule has 0 aliphatic heterocycles. The lowest BCUT2D eigenvalue weighted by Gasteiger charge is -2.22. The van der Waals surface area contributed by atoms with Gasteiger partial charge in [0.25, 0.3) is 0 Å². The van der Waals surface area contributed by atoms with E-state index in [1.165, 1.54) is 7.11 Å². The maximum Gasteiger partial charge on any atom is 0.408 e. The molecule has 1 atom stereocenters. The quantitative estimate of drug-likeness (QED) is 0.511. The second-order valence-electron chi connectivity index (χ2n) is 8.69. The van der Waals surface area contributed by atoms with E-state index in [1.807, 2.05) is 48.5 Å². The van der Waals surface area contributed by atoms with Crippen LogP contribution in [0.5, 0.6) is 11.5 Å². The Hall–Kier alpha value is -3.81. The van der Waals surface area contributed by atoms with Gasteiger partial charge in [-0.25, -0.2) is 14.6 Å². The molecule has 34 heavy (non-hydrogen) atoms. The van der Waals surface area contributed by atoms with Crippen LogP contribution in [0.25, 0.3) is 22.2 Å². The zero-order valence-corrected chi connectivity index (χ0v) is 20.3. The molecule has 1 N–H and O–H groups in total. The molecule has 180 valence electrons. The standard InChI is InChI=1S/C26H30N2O6/c1-26(2,3)34-25(30)28-20(24(29)33-6)15-16-10-12-18-17(14-16)11-13-19(27-18)23-21(31-4)8-7-9-22(23)32-5/h7-14,20H,15H2,1-6H3,(H,28,30)/t20-/m1/s1. The molecule has 0 aliphatic rings. The lowest BCUT2D eigenvalue weighted by atomic mass is 10.0. The maximum atomic E-state index is 12.3. The maximum absolute atomic E-state index is 12.3. The predicted octanol–water partition coefficient (Wildman–Crippen LogP) is 4.53. The van der Waals surface area contributed by atoms with E-state index in [-0.39, 0.29) is 6.42 Å². The monoisotopic (exact) mass is 466 g/mol. The highest BCUT2D eigenvalue weighted by Crippen LogP contribution is 2.37. The number of aromatic nitrogens is 1. The van der Waals surface area contributed by atoms with Crippen LogP contribution < -0.4 is 14.8 Å². The van der Waals surface area contributed by atoms with Crippen LogP contribution in [0, 0.1) is 0 Å². The summed E-state index contributed by atoms with van der Waals surface area (Å²) in [7, 11) is 4.49. The summed E-state index contributed by atoms with van der Waals surface area (Å²) in [6.07, 6.45) is -0.440. The smallest absolute Gasteiger partial charge is 0.408 e. The number of fused-ring (bicyclic) bond motifs is 1. The lowest BCUT2D eigenvalue weighted by Crippen LogP contribution is -2.45. The van der Waals surface area contributed by atoms with Crippen LogP contribution in [0.15, 0.2) is 48.5 Å². The Balaban J connectivity index is 1.88. The van der Waals surface area contributed by atoms with Crippen molar-refractivity contribution in [1.82, 2.24) is 10.3 Å². The van der Waals surface area contributed by atoms with Gasteiger partial charge >= 0.3 is 12.1 Å². The number of alkyl carbamates (subject to hydrolysis) is 1. The van der Waals surface area contributed by atoms with Crippen molar-refractivity contribution in [3.63, 3.8) is 0 Å². The van der Waals surface area contributed by atoms with Gasteiger partial charge in [0.1, 0.15) is 23.1 Å². The highest BCUT2D eigenvalue weighted by Gasteiger charge is 2.25. The van der Waals surface area contributed by atoms with Crippen molar-refractivity contribution in [2.24, 2.45) is 0 Å². The van der Waals surface area contributed by atoms with Gasteiger partial charge in [0, 0.05) is 11.8 Å². The number of carbonyl (C=O) groups is 2. The van der Waals surface area contributed by atoms with E-state index in [2.05, 4.69) is 5.32 Å². The lowest BCUT2D eigenvalue weighted by molar-refractivity contribution is -0.143. The number of nitrogens with zero attached hydrogens (tertiary/aromatic N) is 1. The van der Waals surface area contributed by atoms with E-state index in [0.29, 0.717) is 17.2 Å². The Bertz CT molecular complexity index is 1160. The largest absolute Gasteiger partial charge is 0.496 e. The van der Waals surface area contributed by atoms with E-state index in [1.54, 1.807) is 35.0 Å². The van der Waals surface area contributed by atoms with Gasteiger partial charge in [0.05, 0.1) is 38.1 Å². The number of amides is 1. The van der Waals surface area contributed by atoms with E-state index in [4.69, 9.17) is 23.9 Å². The number of hydrogen-bond acceptors (Lipinski definition) is 7. The number of pyridine rings is 1. The fourth-order valence-electron chi connectivity index (χ4n) is 3.57. The molecule has 0 aliphatic carbocycles. The number of methoxy groups -OCH3 is 3. The van der Waals surface area contributed by atoms with Gasteiger partial charge in [-0.05, 0) is 56.7 Å². The van der Waals surface area contributed by atoms with E-state index in [0.717, 1.165) is 22.0 Å². The summed E-state index contributed by atoms with van der Waals surface area (Å²) in [5.74, 6) is 0.775. The summed E-state index contributed by atoms with van der Waals surface area (Å²) in [6.45, 7) is 5.26. The number of benzene rings is 2. The summed E-state index contributed by atoms with van der Waals surface area (Å²) in [6, 6.07) is 14.2. The van der Waals surface area contributed by atoms with Gasteiger partial charge < -0.3 is 24.3 Å². The zero-order valence-electron chi connectivity index (χ0n) is 20.3. The average molecular weight is 467 g/mol. The van der Waals surface area contributed by atoms with Gasteiger partial charge in [-0.15, -0.1) is 0 Å². The highest BCUT2D eigenvalue weighted by molar-refractivity contribution is 5.85. The molecule has 0 saturated carbocycles. The Morgan fingerprint density at radius 3 is 2.24 bits per heavy atom. The SMILES string of the molecule is COC(=O)[C@@H](Cc1ccc2nc(-c3c(OC)cccc3OC)ccc2c1)NC(=O)OC(C)(C)C. The van der Waals surface area contributed by atoms with Crippen LogP contribution in [0.1, 0.15) is 26.3 Å². The third-order valence-corrected chi connectivity index (χ3v) is 5.05. The first-order valence-corrected chi connectivity index (χ1v) is 10.8. The minimum atomic E-state index is -0.887. The molecule has 8 nitrogen and oxygen atoms in total. The van der Waals surface area contributed by atoms with Crippen molar-refractivity contribution < 1.29 is 28.5 Å². The van der Waals surface area contributed by atoms with Gasteiger partial charge in [0.15, 0.2) is 0 Å². The first kappa shape index (κ1) is 24.8. The number of esters is 1. The number of nitrogens with one attached hydrogen (secondary N) is 1. The molecular formula is C26H30N2O6. The predicted molar refractivity (Wildman–Crippen MR) is 129 cm³/mol. The Morgan fingerprint density at radius 2 is 1.65 bits per heavy atom. The van der Waals surface area contributed by atoms with E-state index in [9.17, 15) is 9.59 Å². The normalized spacial score (nSPS) is 12.1. The molecule has 2 aromatic carbocycles. The molecule has 0 radical (unpaired) electrons. The van der Waals surface area contributed by atoms with Crippen molar-refractivity contribution >= 4 is 23.0 Å². The van der Waals surface area contributed by atoms with Crippen LogP contribution in [-0.4, -0.2) is 50.0 Å². The average Bonchev–Trinajstić information content (AvgIpc) is 2.80. The van der Waals surface area contributed by atoms with Crippen molar-refractivity contribution in [2.45, 2.75) is 38.8 Å². The number of carbonyl (C=O) groups excluding carboxylic acids is 2. The Morgan fingerprint density at radius 1 is 0.971 bits per heavy atom. The summed E-state index contributed by atoms with van der Waals surface area (Å²) < 4.78 is 21.1. The molecule has 0 unspecified atom stereocenters. The third kappa shape index (κ3) is 5.95. The molecule has 8 heteroatoms. The van der Waals surface area contributed by atoms with Crippen LogP contribution >= 0.6 is 0 Å². The van der Waals surface area contributed by atoms with Gasteiger partial charge in [0.2, 0.25) is 0 Å². The molecule has 0 spiro atoms. The highest BCUT2D eigenvalue weighted by atomic mass is 16.6. The molecule has 0 fully saturated rings. The van der Waals surface area contributed by atoms with Gasteiger partial charge in [-0.1, -0.05) is 18.2 Å². The minimum absolute atomic E-state index is 0.240. The van der Waals surface area contributed by atoms with Gasteiger partial charge in [-0.2, -0.15) is 0 Å². The minimum Gasteiger partial charge on any atom is -0.496 e. The molecule has 3 aromatic rings. The van der Waals surface area contributed by atoms with Crippen molar-refractivity contribution in [1.29, 1.82) is 0 Å². The van der Waals surface area contributed by atoms with Crippen molar-refractivity contribution in [3.05, 3.63) is 54.1 Å². The number of hydrogen-bond donors (Lipinski definition) is 1. The van der Waals surface area contributed by atoms with Gasteiger partial charge in [-0.3, -0.25) is 0 Å². The molecule has 0 bridgehead atoms. The van der Waals surface area contributed by atoms with Crippen molar-refractivity contribution in [3.8, 4) is 22.8 Å². The summed E-state index contributed by atoms with van der Waals surface area (Å²) >= 11 is 0. The van der Waals surface area contributed by atoms with Crippen LogP contribution in [0.3, 0.4) is 0 Å². The Kier molecular flexibility index (Phi) is 7.61. The van der Waals surface area contributed by atoms with Crippen LogP contribution in [0.2, 0.25) is 0 Å². The molecule has 1 heterocycles. The number of ether oxygens (including phenoxy) is 4. The number of rotatable bonds is 7. The zero-order chi connectivity index (χ0) is 24.9. The van der Waals surface area contributed by atoms with E-state index >= 15 is 0 Å². The summed E-state index contributed by atoms with van der Waals surface area (Å²) in [4.78, 5) is 29.3. The molecule has 3 rings (SSSR count). The second kappa shape index (κ2) is 10.4. The topological polar surface area (TPSA) is 96.0 Å². The second-order valence-corrected chi connectivity index (χ2v) is 8.69. The van der Waals surface area contributed by atoms with Crippen LogP contribution in [0.4, 0.5) is 4.79 Å². The molecular weight excluding hydrogens is 436 g/mol. The Labute approximate surface area is 199 Å². The first-order chi connectivity index (χ1) is 16.1. The van der Waals surface area contributed by atoms with E-state index < -0.39 is 23.7 Å². The van der Waals surface area contributed by atoms with Crippen molar-refractivity contribution in [2.75, 3.05) is 21.3 Å².